The number of hydrogen-bond acceptors (Lipinski definition) is 5. The molecule has 0 unspecified atom stereocenters. The molecule has 0 saturated carbocycles. The third kappa shape index (κ3) is 4.50. The molecule has 4 aromatic rings. The number of benzene rings is 2. The number of methoxy groups -OCH3 is 1. The van der Waals surface area contributed by atoms with Gasteiger partial charge in [0, 0.05) is 40.2 Å². The summed E-state index contributed by atoms with van der Waals surface area (Å²) in [5.74, 6) is 0.698. The van der Waals surface area contributed by atoms with E-state index in [0.29, 0.717) is 28.7 Å². The SMILES string of the molecule is CCCN(c1nc(-c2ccc(C(F)(F)F)cc2Cl)c(C)s1)c1c(OC)ccc2cnccc12. The first-order valence-electron chi connectivity index (χ1n) is 10.3. The van der Waals surface area contributed by atoms with Crippen molar-refractivity contribution >= 4 is 44.5 Å². The number of aryl methyl sites for hydroxylation is 1. The fourth-order valence-corrected chi connectivity index (χ4v) is 4.96. The predicted octanol–water partition coefficient (Wildman–Crippen LogP) is 7.90. The van der Waals surface area contributed by atoms with Crippen LogP contribution in [0.1, 0.15) is 23.8 Å². The molecule has 0 fully saturated rings. The molecule has 0 bridgehead atoms. The Balaban J connectivity index is 1.85. The molecule has 0 N–H and O–H groups in total. The van der Waals surface area contributed by atoms with Crippen molar-refractivity contribution in [3.05, 3.63) is 64.3 Å². The molecule has 4 nitrogen and oxygen atoms in total. The van der Waals surface area contributed by atoms with Crippen molar-refractivity contribution < 1.29 is 17.9 Å². The molecule has 9 heteroatoms. The highest BCUT2D eigenvalue weighted by molar-refractivity contribution is 7.16. The maximum atomic E-state index is 13.1. The summed E-state index contributed by atoms with van der Waals surface area (Å²) in [6.45, 7) is 4.63. The van der Waals surface area contributed by atoms with E-state index in [1.54, 1.807) is 19.5 Å². The number of pyridine rings is 1. The number of anilines is 2. The minimum Gasteiger partial charge on any atom is -0.495 e. The summed E-state index contributed by atoms with van der Waals surface area (Å²) in [7, 11) is 1.62. The van der Waals surface area contributed by atoms with Crippen LogP contribution in [0.15, 0.2) is 48.8 Å². The fourth-order valence-electron chi connectivity index (χ4n) is 3.73. The summed E-state index contributed by atoms with van der Waals surface area (Å²) >= 11 is 7.72. The Hall–Kier alpha value is -2.84. The minimum absolute atomic E-state index is 0.0145. The van der Waals surface area contributed by atoms with Crippen LogP contribution in [0.5, 0.6) is 5.75 Å². The van der Waals surface area contributed by atoms with E-state index in [0.717, 1.165) is 39.9 Å². The summed E-state index contributed by atoms with van der Waals surface area (Å²) in [5.41, 5.74) is 1.12. The van der Waals surface area contributed by atoms with E-state index in [-0.39, 0.29) is 5.02 Å². The van der Waals surface area contributed by atoms with Crippen LogP contribution < -0.4 is 9.64 Å². The number of alkyl halides is 3. The van der Waals surface area contributed by atoms with E-state index in [1.165, 1.54) is 17.4 Å². The molecule has 0 radical (unpaired) electrons. The van der Waals surface area contributed by atoms with Crippen molar-refractivity contribution in [2.45, 2.75) is 26.4 Å². The monoisotopic (exact) mass is 491 g/mol. The summed E-state index contributed by atoms with van der Waals surface area (Å²) in [6.07, 6.45) is -0.0828. The van der Waals surface area contributed by atoms with E-state index in [2.05, 4.69) is 16.8 Å². The quantitative estimate of drug-likeness (QED) is 0.275. The highest BCUT2D eigenvalue weighted by atomic mass is 35.5. The van der Waals surface area contributed by atoms with Crippen molar-refractivity contribution in [3.8, 4) is 17.0 Å². The van der Waals surface area contributed by atoms with Crippen LogP contribution in [-0.4, -0.2) is 23.6 Å². The molecule has 0 atom stereocenters. The zero-order valence-corrected chi connectivity index (χ0v) is 19.8. The summed E-state index contributed by atoms with van der Waals surface area (Å²) in [4.78, 5) is 12.0. The van der Waals surface area contributed by atoms with Gasteiger partial charge in [0.2, 0.25) is 0 Å². The van der Waals surface area contributed by atoms with Gasteiger partial charge in [-0.15, -0.1) is 11.3 Å². The second kappa shape index (κ2) is 9.19. The van der Waals surface area contributed by atoms with Gasteiger partial charge in [-0.3, -0.25) is 4.98 Å². The molecule has 0 aliphatic carbocycles. The minimum atomic E-state index is -4.46. The van der Waals surface area contributed by atoms with E-state index >= 15 is 0 Å². The fraction of sp³-hybridized carbons (Fsp3) is 0.250. The lowest BCUT2D eigenvalue weighted by Crippen LogP contribution is -2.19. The van der Waals surface area contributed by atoms with Crippen molar-refractivity contribution in [2.24, 2.45) is 0 Å². The topological polar surface area (TPSA) is 38.2 Å². The Labute approximate surface area is 198 Å². The smallest absolute Gasteiger partial charge is 0.416 e. The van der Waals surface area contributed by atoms with Gasteiger partial charge in [-0.05, 0) is 43.7 Å². The van der Waals surface area contributed by atoms with Crippen molar-refractivity contribution in [3.63, 3.8) is 0 Å². The maximum Gasteiger partial charge on any atom is 0.416 e. The lowest BCUT2D eigenvalue weighted by molar-refractivity contribution is -0.137. The molecular weight excluding hydrogens is 471 g/mol. The van der Waals surface area contributed by atoms with Gasteiger partial charge in [-0.2, -0.15) is 13.2 Å². The molecule has 0 spiro atoms. The van der Waals surface area contributed by atoms with Crippen LogP contribution in [0.3, 0.4) is 0 Å². The Kier molecular flexibility index (Phi) is 6.50. The van der Waals surface area contributed by atoms with Gasteiger partial charge in [0.1, 0.15) is 5.75 Å². The average molecular weight is 492 g/mol. The Morgan fingerprint density at radius 1 is 1.15 bits per heavy atom. The van der Waals surface area contributed by atoms with E-state index in [1.807, 2.05) is 25.1 Å². The van der Waals surface area contributed by atoms with Crippen LogP contribution in [0.4, 0.5) is 24.0 Å². The normalized spacial score (nSPS) is 11.7. The summed E-state index contributed by atoms with van der Waals surface area (Å²) < 4.78 is 44.9. The zero-order valence-electron chi connectivity index (χ0n) is 18.2. The molecular formula is C24H21ClF3N3OS. The highest BCUT2D eigenvalue weighted by Gasteiger charge is 2.31. The van der Waals surface area contributed by atoms with Gasteiger partial charge in [0.25, 0.3) is 0 Å². The van der Waals surface area contributed by atoms with E-state index in [4.69, 9.17) is 21.3 Å². The lowest BCUT2D eigenvalue weighted by Gasteiger charge is -2.25. The lowest BCUT2D eigenvalue weighted by atomic mass is 10.1. The third-order valence-corrected chi connectivity index (χ3v) is 6.57. The van der Waals surface area contributed by atoms with E-state index < -0.39 is 11.7 Å². The summed E-state index contributed by atoms with van der Waals surface area (Å²) in [6, 6.07) is 9.14. The molecule has 2 aromatic heterocycles. The first-order chi connectivity index (χ1) is 15.7. The van der Waals surface area contributed by atoms with Gasteiger partial charge in [-0.25, -0.2) is 4.98 Å². The molecule has 2 heterocycles. The van der Waals surface area contributed by atoms with Gasteiger partial charge in [0.05, 0.1) is 29.1 Å². The Bertz CT molecular complexity index is 1310. The van der Waals surface area contributed by atoms with Gasteiger partial charge in [-0.1, -0.05) is 24.6 Å². The number of halogens is 4. The number of fused-ring (bicyclic) bond motifs is 1. The van der Waals surface area contributed by atoms with Crippen molar-refractivity contribution in [1.29, 1.82) is 0 Å². The van der Waals surface area contributed by atoms with Gasteiger partial charge in [0.15, 0.2) is 5.13 Å². The number of ether oxygens (including phenoxy) is 1. The average Bonchev–Trinajstić information content (AvgIpc) is 3.17. The van der Waals surface area contributed by atoms with Crippen molar-refractivity contribution in [1.82, 2.24) is 9.97 Å². The molecule has 0 aliphatic heterocycles. The molecule has 2 aromatic carbocycles. The largest absolute Gasteiger partial charge is 0.495 e. The number of rotatable bonds is 6. The van der Waals surface area contributed by atoms with Crippen LogP contribution in [-0.2, 0) is 6.18 Å². The van der Waals surface area contributed by atoms with Crippen molar-refractivity contribution in [2.75, 3.05) is 18.6 Å². The number of hydrogen-bond donors (Lipinski definition) is 0. The van der Waals surface area contributed by atoms with Crippen LogP contribution in [0, 0.1) is 6.92 Å². The first-order valence-corrected chi connectivity index (χ1v) is 11.5. The number of thiazole rings is 1. The van der Waals surface area contributed by atoms with Crippen LogP contribution >= 0.6 is 22.9 Å². The molecule has 0 amide bonds. The number of aromatic nitrogens is 2. The second-order valence-electron chi connectivity index (χ2n) is 7.46. The standard InChI is InChI=1S/C24H21ClF3N3OS/c1-4-11-31(22-17-9-10-29-13-15(17)5-8-20(22)32-3)23-30-21(14(2)33-23)18-7-6-16(12-19(18)25)24(26,27)28/h5-10,12-13H,4,11H2,1-3H3. The second-order valence-corrected chi connectivity index (χ2v) is 9.05. The highest BCUT2D eigenvalue weighted by Crippen LogP contribution is 2.44. The third-order valence-electron chi connectivity index (χ3n) is 5.26. The predicted molar refractivity (Wildman–Crippen MR) is 128 cm³/mol. The van der Waals surface area contributed by atoms with Gasteiger partial charge >= 0.3 is 6.18 Å². The molecule has 0 aliphatic rings. The number of nitrogens with zero attached hydrogens (tertiary/aromatic N) is 3. The molecule has 33 heavy (non-hydrogen) atoms. The van der Waals surface area contributed by atoms with Crippen LogP contribution in [0.25, 0.3) is 22.0 Å². The Morgan fingerprint density at radius 3 is 2.61 bits per heavy atom. The van der Waals surface area contributed by atoms with Crippen LogP contribution in [0.2, 0.25) is 5.02 Å². The first kappa shape index (κ1) is 23.3. The summed E-state index contributed by atoms with van der Waals surface area (Å²) in [5, 5.41) is 2.66. The maximum absolute atomic E-state index is 13.1. The van der Waals surface area contributed by atoms with Gasteiger partial charge < -0.3 is 9.64 Å². The molecule has 4 rings (SSSR count). The Morgan fingerprint density at radius 2 is 1.94 bits per heavy atom. The zero-order chi connectivity index (χ0) is 23.8. The van der Waals surface area contributed by atoms with E-state index in [9.17, 15) is 13.2 Å². The molecule has 0 saturated heterocycles. The molecule has 172 valence electrons.